The summed E-state index contributed by atoms with van der Waals surface area (Å²) in [6, 6.07) is 0. The third-order valence-corrected chi connectivity index (χ3v) is 1.10. The van der Waals surface area contributed by atoms with Crippen molar-refractivity contribution in [2.75, 3.05) is 0 Å². The molecule has 3 nitrogen and oxygen atoms in total. The molecule has 0 spiro atoms. The molecule has 0 radical (unpaired) electrons. The molecule has 11 heavy (non-hydrogen) atoms. The van der Waals surface area contributed by atoms with Crippen LogP contribution in [0.5, 0.6) is 0 Å². The molecule has 0 amide bonds. The third kappa shape index (κ3) is 36.4. The van der Waals surface area contributed by atoms with Crippen LogP contribution >= 0.6 is 0 Å². The van der Waals surface area contributed by atoms with Crippen molar-refractivity contribution in [1.29, 1.82) is 0 Å². The Labute approximate surface area is 88.6 Å². The molecule has 6 N–H and O–H groups in total. The molecule has 0 aliphatic carbocycles. The van der Waals surface area contributed by atoms with Crippen LogP contribution in [0, 0.1) is 6.92 Å². The molecule has 72 valence electrons. The van der Waals surface area contributed by atoms with Gasteiger partial charge in [0, 0.05) is 26.2 Å². The topological polar surface area (TPSA) is 94.5 Å². The summed E-state index contributed by atoms with van der Waals surface area (Å²) in [6.07, 6.45) is 6.52. The first-order valence-electron chi connectivity index (χ1n) is 3.21. The van der Waals surface area contributed by atoms with Crippen molar-refractivity contribution in [3.8, 4) is 0 Å². The fourth-order valence-corrected chi connectivity index (χ4v) is 0.604. The Kier molecular flexibility index (Phi) is 83.7. The van der Waals surface area contributed by atoms with E-state index in [-0.39, 0.29) is 42.6 Å². The number of rotatable bonds is 4. The second-order valence-electron chi connectivity index (χ2n) is 1.91. The standard InChI is InChI=1S/C7H15.3H2O.Zr/c1-3-5-7-6-4-2;;;;/h1,3-7H2,2H3;3*1H2;/q-1;;;;. The minimum atomic E-state index is 0. The summed E-state index contributed by atoms with van der Waals surface area (Å²) in [5.41, 5.74) is 0. The van der Waals surface area contributed by atoms with Crippen LogP contribution in [0.2, 0.25) is 0 Å². The van der Waals surface area contributed by atoms with Crippen molar-refractivity contribution < 1.29 is 42.6 Å². The van der Waals surface area contributed by atoms with E-state index in [1.807, 2.05) is 0 Å². The Bertz CT molecular complexity index is 32.9. The fourth-order valence-electron chi connectivity index (χ4n) is 0.604. The van der Waals surface area contributed by atoms with Crippen LogP contribution in [0.15, 0.2) is 0 Å². The predicted octanol–water partition coefficient (Wildman–Crippen LogP) is 0.314. The van der Waals surface area contributed by atoms with Crippen molar-refractivity contribution in [3.05, 3.63) is 6.92 Å². The van der Waals surface area contributed by atoms with Crippen LogP contribution < -0.4 is 0 Å². The van der Waals surface area contributed by atoms with Gasteiger partial charge in [-0.05, 0) is 0 Å². The molecule has 0 aromatic rings. The van der Waals surface area contributed by atoms with Gasteiger partial charge in [-0.15, -0.1) is 0 Å². The second-order valence-corrected chi connectivity index (χ2v) is 1.91. The van der Waals surface area contributed by atoms with Gasteiger partial charge in [-0.1, -0.05) is 32.6 Å². The van der Waals surface area contributed by atoms with Crippen LogP contribution in [0.3, 0.4) is 0 Å². The molecule has 0 unspecified atom stereocenters. The van der Waals surface area contributed by atoms with Crippen LogP contribution in [0.4, 0.5) is 0 Å². The number of hydrogen-bond acceptors (Lipinski definition) is 0. The molecule has 0 rings (SSSR count). The molecule has 0 saturated heterocycles. The fraction of sp³-hybridized carbons (Fsp3) is 0.857. The molecule has 0 bridgehead atoms. The monoisotopic (exact) mass is 243 g/mol. The maximum absolute atomic E-state index is 3.76. The van der Waals surface area contributed by atoms with Gasteiger partial charge < -0.3 is 23.4 Å². The SMILES string of the molecule is O.O.O.[CH2-]CCCCCC.[Zr]. The summed E-state index contributed by atoms with van der Waals surface area (Å²) < 4.78 is 0. The summed E-state index contributed by atoms with van der Waals surface area (Å²) in [5.74, 6) is 0. The average Bonchev–Trinajstić information content (AvgIpc) is 1.69. The summed E-state index contributed by atoms with van der Waals surface area (Å²) >= 11 is 0. The van der Waals surface area contributed by atoms with E-state index in [1.54, 1.807) is 0 Å². The molecular formula is C7H21O3Zr-. The minimum Gasteiger partial charge on any atom is -0.412 e. The quantitative estimate of drug-likeness (QED) is 0.503. The maximum Gasteiger partial charge on any atom is 0 e. The predicted molar refractivity (Wildman–Crippen MR) is 45.0 cm³/mol. The zero-order valence-corrected chi connectivity index (χ0v) is 9.70. The number of hydrogen-bond donors (Lipinski definition) is 0. The van der Waals surface area contributed by atoms with E-state index < -0.39 is 0 Å². The van der Waals surface area contributed by atoms with Gasteiger partial charge in [-0.2, -0.15) is 6.42 Å². The Balaban J connectivity index is -0.0000000300. The van der Waals surface area contributed by atoms with Gasteiger partial charge in [-0.3, -0.25) is 0 Å². The van der Waals surface area contributed by atoms with E-state index in [0.29, 0.717) is 0 Å². The Morgan fingerprint density at radius 2 is 1.36 bits per heavy atom. The van der Waals surface area contributed by atoms with Crippen LogP contribution in [-0.2, 0) is 26.2 Å². The third-order valence-electron chi connectivity index (χ3n) is 1.10. The molecule has 0 aliphatic heterocycles. The molecule has 0 aromatic carbocycles. The van der Waals surface area contributed by atoms with Gasteiger partial charge in [0.1, 0.15) is 0 Å². The van der Waals surface area contributed by atoms with E-state index in [4.69, 9.17) is 0 Å². The van der Waals surface area contributed by atoms with Gasteiger partial charge in [0.05, 0.1) is 0 Å². The minimum absolute atomic E-state index is 0. The van der Waals surface area contributed by atoms with E-state index >= 15 is 0 Å². The summed E-state index contributed by atoms with van der Waals surface area (Å²) in [4.78, 5) is 0. The first-order chi connectivity index (χ1) is 3.41. The molecule has 0 fully saturated rings. The molecule has 0 saturated carbocycles. The Hall–Kier alpha value is 0.763. The maximum atomic E-state index is 3.76. The van der Waals surface area contributed by atoms with Crippen LogP contribution in [0.25, 0.3) is 0 Å². The Morgan fingerprint density at radius 3 is 1.64 bits per heavy atom. The normalized spacial score (nSPS) is 6.00. The van der Waals surface area contributed by atoms with Gasteiger partial charge in [-0.25, -0.2) is 0 Å². The first kappa shape index (κ1) is 29.8. The van der Waals surface area contributed by atoms with Gasteiger partial charge in [0.15, 0.2) is 0 Å². The van der Waals surface area contributed by atoms with Gasteiger partial charge in [0.2, 0.25) is 0 Å². The van der Waals surface area contributed by atoms with E-state index in [1.165, 1.54) is 25.7 Å². The van der Waals surface area contributed by atoms with Gasteiger partial charge in [0.25, 0.3) is 0 Å². The molecule has 4 heteroatoms. The Morgan fingerprint density at radius 1 is 0.909 bits per heavy atom. The molecule has 0 heterocycles. The van der Waals surface area contributed by atoms with Crippen LogP contribution in [-0.4, -0.2) is 16.4 Å². The van der Waals surface area contributed by atoms with E-state index in [9.17, 15) is 0 Å². The van der Waals surface area contributed by atoms with Crippen molar-refractivity contribution >= 4 is 0 Å². The molecule has 0 aliphatic rings. The summed E-state index contributed by atoms with van der Waals surface area (Å²) in [7, 11) is 0. The second kappa shape index (κ2) is 30.9. The molecule has 0 aromatic heterocycles. The zero-order chi connectivity index (χ0) is 5.54. The van der Waals surface area contributed by atoms with Crippen molar-refractivity contribution in [1.82, 2.24) is 0 Å². The average molecular weight is 244 g/mol. The molecular weight excluding hydrogens is 223 g/mol. The van der Waals surface area contributed by atoms with E-state index in [2.05, 4.69) is 13.8 Å². The smallest absolute Gasteiger partial charge is 0 e. The zero-order valence-electron chi connectivity index (χ0n) is 7.24. The molecule has 0 atom stereocenters. The number of unbranched alkanes of at least 4 members (excludes halogenated alkanes) is 4. The van der Waals surface area contributed by atoms with E-state index in [0.717, 1.165) is 6.42 Å². The largest absolute Gasteiger partial charge is 0.412 e. The van der Waals surface area contributed by atoms with Crippen molar-refractivity contribution in [2.45, 2.75) is 39.0 Å². The first-order valence-corrected chi connectivity index (χ1v) is 3.21. The summed E-state index contributed by atoms with van der Waals surface area (Å²) in [5, 5.41) is 0. The van der Waals surface area contributed by atoms with Gasteiger partial charge >= 0.3 is 0 Å². The van der Waals surface area contributed by atoms with Crippen LogP contribution in [0.1, 0.15) is 39.0 Å². The summed E-state index contributed by atoms with van der Waals surface area (Å²) in [6.45, 7) is 5.98. The van der Waals surface area contributed by atoms with Crippen molar-refractivity contribution in [3.63, 3.8) is 0 Å². The van der Waals surface area contributed by atoms with Crippen molar-refractivity contribution in [2.24, 2.45) is 0 Å².